The zero-order chi connectivity index (χ0) is 14.4. The molecule has 4 rings (SSSR count). The molecule has 0 spiro atoms. The molecule has 0 radical (unpaired) electrons. The lowest BCUT2D eigenvalue weighted by Gasteiger charge is -2.44. The van der Waals surface area contributed by atoms with E-state index in [9.17, 15) is 0 Å². The van der Waals surface area contributed by atoms with Crippen LogP contribution < -0.4 is 0 Å². The maximum atomic E-state index is 6.55. The molecule has 1 aromatic heterocycles. The summed E-state index contributed by atoms with van der Waals surface area (Å²) in [4.78, 5) is 4.17. The number of aromatic nitrogens is 2. The van der Waals surface area contributed by atoms with Crippen molar-refractivity contribution in [3.63, 3.8) is 0 Å². The Morgan fingerprint density at radius 1 is 1.41 bits per heavy atom. The van der Waals surface area contributed by atoms with Crippen molar-refractivity contribution < 1.29 is 0 Å². The van der Waals surface area contributed by atoms with Crippen LogP contribution in [0.2, 0.25) is 5.02 Å². The molecule has 0 aliphatic heterocycles. The summed E-state index contributed by atoms with van der Waals surface area (Å²) >= 11 is 6.55. The van der Waals surface area contributed by atoms with Gasteiger partial charge in [-0.1, -0.05) is 24.6 Å². The van der Waals surface area contributed by atoms with Crippen LogP contribution >= 0.6 is 24.0 Å². The highest BCUT2D eigenvalue weighted by Crippen LogP contribution is 2.49. The minimum atomic E-state index is 0. The Kier molecular flexibility index (Phi) is 4.26. The molecule has 0 bridgehead atoms. The van der Waals surface area contributed by atoms with Gasteiger partial charge in [-0.3, -0.25) is 0 Å². The summed E-state index contributed by atoms with van der Waals surface area (Å²) in [6, 6.07) is 4.37. The molecule has 2 aromatic rings. The van der Waals surface area contributed by atoms with Crippen molar-refractivity contribution in [3.8, 4) is 0 Å². The number of imidazole rings is 1. The first-order chi connectivity index (χ1) is 10.2. The number of rotatable bonds is 2. The second-order valence-corrected chi connectivity index (χ2v) is 7.42. The van der Waals surface area contributed by atoms with E-state index in [1.54, 1.807) is 11.1 Å². The zero-order valence-corrected chi connectivity index (χ0v) is 14.5. The predicted octanol–water partition coefficient (Wildman–Crippen LogP) is 4.81. The smallest absolute Gasteiger partial charge is 0.0945 e. The standard InChI is InChI=1S/C18H21ClN2.ClH/c1-18-6-2-3-14-4-5-16(19)15(17(14)18)9-13(10-18)11-21-8-7-20-12-21;/h4-5,7-8,12-13H,2-3,6,9-11H2,1H3;1H/t13-,18-;/m0./s1. The van der Waals surface area contributed by atoms with E-state index in [1.807, 2.05) is 12.5 Å². The molecule has 0 amide bonds. The van der Waals surface area contributed by atoms with Crippen LogP contribution in [0, 0.1) is 5.92 Å². The topological polar surface area (TPSA) is 17.8 Å². The molecule has 0 N–H and O–H groups in total. The van der Waals surface area contributed by atoms with E-state index < -0.39 is 0 Å². The van der Waals surface area contributed by atoms with E-state index in [0.29, 0.717) is 11.3 Å². The summed E-state index contributed by atoms with van der Waals surface area (Å²) < 4.78 is 2.21. The van der Waals surface area contributed by atoms with Gasteiger partial charge in [0, 0.05) is 24.0 Å². The fraction of sp³-hybridized carbons (Fsp3) is 0.500. The summed E-state index contributed by atoms with van der Waals surface area (Å²) in [6.45, 7) is 3.50. The van der Waals surface area contributed by atoms with Crippen LogP contribution in [0.5, 0.6) is 0 Å². The van der Waals surface area contributed by atoms with Gasteiger partial charge in [0.2, 0.25) is 0 Å². The Morgan fingerprint density at radius 3 is 3.05 bits per heavy atom. The van der Waals surface area contributed by atoms with Crippen LogP contribution in [0.3, 0.4) is 0 Å². The van der Waals surface area contributed by atoms with Crippen LogP contribution in [-0.4, -0.2) is 9.55 Å². The molecular weight excluding hydrogens is 315 g/mol. The average molecular weight is 337 g/mol. The molecular formula is C18H22Cl2N2. The molecule has 2 aliphatic carbocycles. The van der Waals surface area contributed by atoms with Crippen molar-refractivity contribution in [1.29, 1.82) is 0 Å². The van der Waals surface area contributed by atoms with Gasteiger partial charge in [-0.15, -0.1) is 12.4 Å². The Morgan fingerprint density at radius 2 is 2.27 bits per heavy atom. The van der Waals surface area contributed by atoms with E-state index >= 15 is 0 Å². The van der Waals surface area contributed by atoms with Crippen LogP contribution in [0.15, 0.2) is 30.9 Å². The van der Waals surface area contributed by atoms with Gasteiger partial charge >= 0.3 is 0 Å². The highest BCUT2D eigenvalue weighted by molar-refractivity contribution is 6.31. The number of halogens is 2. The lowest BCUT2D eigenvalue weighted by molar-refractivity contribution is 0.251. The van der Waals surface area contributed by atoms with Crippen LogP contribution in [0.25, 0.3) is 0 Å². The van der Waals surface area contributed by atoms with Crippen LogP contribution in [0.1, 0.15) is 42.9 Å². The van der Waals surface area contributed by atoms with Gasteiger partial charge in [0.15, 0.2) is 0 Å². The Labute approximate surface area is 143 Å². The van der Waals surface area contributed by atoms with E-state index in [-0.39, 0.29) is 12.4 Å². The quantitative estimate of drug-likeness (QED) is 0.769. The van der Waals surface area contributed by atoms with E-state index in [2.05, 4.69) is 34.8 Å². The summed E-state index contributed by atoms with van der Waals surface area (Å²) in [6.07, 6.45) is 12.1. The van der Waals surface area contributed by atoms with Gasteiger partial charge in [0.25, 0.3) is 0 Å². The molecule has 0 unspecified atom stereocenters. The molecule has 22 heavy (non-hydrogen) atoms. The van der Waals surface area contributed by atoms with Crippen LogP contribution in [-0.2, 0) is 24.8 Å². The van der Waals surface area contributed by atoms with Crippen molar-refractivity contribution in [1.82, 2.24) is 9.55 Å². The lowest BCUT2D eigenvalue weighted by Crippen LogP contribution is -2.37. The summed E-state index contributed by atoms with van der Waals surface area (Å²) in [5.74, 6) is 0.655. The summed E-state index contributed by atoms with van der Waals surface area (Å²) in [5, 5.41) is 0.970. The second kappa shape index (κ2) is 5.90. The molecule has 118 valence electrons. The monoisotopic (exact) mass is 336 g/mol. The Hall–Kier alpha value is -0.990. The number of hydrogen-bond acceptors (Lipinski definition) is 1. The molecule has 0 saturated carbocycles. The van der Waals surface area contributed by atoms with Crippen LogP contribution in [0.4, 0.5) is 0 Å². The third-order valence-corrected chi connectivity index (χ3v) is 5.73. The maximum Gasteiger partial charge on any atom is 0.0945 e. The van der Waals surface area contributed by atoms with Gasteiger partial charge in [-0.2, -0.15) is 0 Å². The summed E-state index contributed by atoms with van der Waals surface area (Å²) in [7, 11) is 0. The fourth-order valence-corrected chi connectivity index (χ4v) is 4.88. The number of aryl methyl sites for hydroxylation is 1. The fourth-order valence-electron chi connectivity index (χ4n) is 4.65. The second-order valence-electron chi connectivity index (χ2n) is 7.01. The Bertz CT molecular complexity index is 666. The third kappa shape index (κ3) is 2.57. The first-order valence-corrected chi connectivity index (χ1v) is 8.30. The van der Waals surface area contributed by atoms with Crippen molar-refractivity contribution in [2.75, 3.05) is 0 Å². The van der Waals surface area contributed by atoms with E-state index in [4.69, 9.17) is 11.6 Å². The SMILES string of the molecule is C[C@@]12CCCc3ccc(Cl)c(c31)C[C@H](Cn1ccnc1)C2.Cl. The molecule has 1 heterocycles. The molecule has 1 aromatic carbocycles. The molecule has 0 fully saturated rings. The molecule has 2 nitrogen and oxygen atoms in total. The molecule has 2 atom stereocenters. The third-order valence-electron chi connectivity index (χ3n) is 5.38. The Balaban J connectivity index is 0.00000144. The van der Waals surface area contributed by atoms with Crippen molar-refractivity contribution >= 4 is 24.0 Å². The highest BCUT2D eigenvalue weighted by atomic mass is 35.5. The first-order valence-electron chi connectivity index (χ1n) is 7.92. The van der Waals surface area contributed by atoms with Gasteiger partial charge < -0.3 is 4.57 Å². The summed E-state index contributed by atoms with van der Waals surface area (Å²) in [5.41, 5.74) is 4.87. The lowest BCUT2D eigenvalue weighted by atomic mass is 9.61. The van der Waals surface area contributed by atoms with Gasteiger partial charge in [-0.05, 0) is 66.2 Å². The highest BCUT2D eigenvalue weighted by Gasteiger charge is 2.40. The zero-order valence-electron chi connectivity index (χ0n) is 12.9. The number of hydrogen-bond donors (Lipinski definition) is 0. The minimum Gasteiger partial charge on any atom is -0.337 e. The first kappa shape index (κ1) is 15.9. The van der Waals surface area contributed by atoms with Crippen molar-refractivity contribution in [3.05, 3.63) is 52.6 Å². The van der Waals surface area contributed by atoms with Crippen molar-refractivity contribution in [2.24, 2.45) is 5.92 Å². The molecule has 2 aliphatic rings. The largest absolute Gasteiger partial charge is 0.337 e. The van der Waals surface area contributed by atoms with E-state index in [1.165, 1.54) is 31.2 Å². The minimum absolute atomic E-state index is 0. The normalized spacial score (nSPS) is 26.2. The van der Waals surface area contributed by atoms with E-state index in [0.717, 1.165) is 18.0 Å². The predicted molar refractivity (Wildman–Crippen MR) is 93.0 cm³/mol. The number of benzene rings is 1. The van der Waals surface area contributed by atoms with Crippen molar-refractivity contribution in [2.45, 2.75) is 51.0 Å². The molecule has 0 saturated heterocycles. The van der Waals surface area contributed by atoms with Gasteiger partial charge in [0.05, 0.1) is 6.33 Å². The average Bonchev–Trinajstić information content (AvgIpc) is 2.94. The molecule has 4 heteroatoms. The van der Waals surface area contributed by atoms with Gasteiger partial charge in [0.1, 0.15) is 0 Å². The number of nitrogens with zero attached hydrogens (tertiary/aromatic N) is 2. The van der Waals surface area contributed by atoms with Gasteiger partial charge in [-0.25, -0.2) is 4.98 Å². The maximum absolute atomic E-state index is 6.55.